The lowest BCUT2D eigenvalue weighted by atomic mass is 10.2. The molecule has 0 unspecified atom stereocenters. The van der Waals surface area contributed by atoms with Crippen molar-refractivity contribution in [3.8, 4) is 0 Å². The summed E-state index contributed by atoms with van der Waals surface area (Å²) in [6.45, 7) is 3.96. The van der Waals surface area contributed by atoms with Crippen LogP contribution in [0.15, 0.2) is 23.1 Å². The van der Waals surface area contributed by atoms with Gasteiger partial charge in [0.25, 0.3) is 0 Å². The van der Waals surface area contributed by atoms with Gasteiger partial charge in [0.1, 0.15) is 4.90 Å². The van der Waals surface area contributed by atoms with E-state index < -0.39 is 25.9 Å². The second-order valence-corrected chi connectivity index (χ2v) is 10.9. The van der Waals surface area contributed by atoms with Crippen LogP contribution < -0.4 is 0 Å². The van der Waals surface area contributed by atoms with Gasteiger partial charge in [0.15, 0.2) is 9.84 Å². The summed E-state index contributed by atoms with van der Waals surface area (Å²) in [5, 5.41) is 0.0687. The number of sulfonamides is 1. The van der Waals surface area contributed by atoms with E-state index in [2.05, 4.69) is 0 Å². The van der Waals surface area contributed by atoms with Gasteiger partial charge in [0, 0.05) is 12.6 Å². The van der Waals surface area contributed by atoms with Crippen molar-refractivity contribution >= 4 is 43.1 Å². The second-order valence-electron chi connectivity index (χ2n) is 6.08. The van der Waals surface area contributed by atoms with E-state index in [1.165, 1.54) is 16.4 Å². The van der Waals surface area contributed by atoms with Gasteiger partial charge in [0.05, 0.1) is 21.6 Å². The third-order valence-electron chi connectivity index (χ3n) is 3.65. The lowest BCUT2D eigenvalue weighted by molar-refractivity contribution is 0.308. The minimum Gasteiger partial charge on any atom is -0.229 e. The fraction of sp³-hybridized carbons (Fsp3) is 0.571. The monoisotopic (exact) mass is 399 g/mol. The highest BCUT2D eigenvalue weighted by atomic mass is 35.5. The fourth-order valence-electron chi connectivity index (χ4n) is 2.65. The molecule has 1 aromatic rings. The molecule has 1 aromatic carbocycles. The van der Waals surface area contributed by atoms with Crippen molar-refractivity contribution < 1.29 is 16.8 Å². The molecule has 1 heterocycles. The lowest BCUT2D eigenvalue weighted by Crippen LogP contribution is -2.43. The molecule has 1 fully saturated rings. The number of sulfone groups is 1. The number of hydrogen-bond donors (Lipinski definition) is 0. The summed E-state index contributed by atoms with van der Waals surface area (Å²) in [5.41, 5.74) is 0. The van der Waals surface area contributed by atoms with Crippen LogP contribution in [-0.4, -0.2) is 45.2 Å². The molecule has 1 aliphatic heterocycles. The van der Waals surface area contributed by atoms with Crippen LogP contribution in [0.3, 0.4) is 0 Å². The van der Waals surface area contributed by atoms with Gasteiger partial charge in [-0.15, -0.1) is 0 Å². The summed E-state index contributed by atoms with van der Waals surface area (Å²) in [6.07, 6.45) is 0.288. The number of rotatable bonds is 5. The second kappa shape index (κ2) is 6.88. The van der Waals surface area contributed by atoms with E-state index in [9.17, 15) is 16.8 Å². The van der Waals surface area contributed by atoms with Crippen LogP contribution in [0, 0.1) is 5.92 Å². The zero-order chi connectivity index (χ0) is 17.4. The molecule has 0 radical (unpaired) electrons. The van der Waals surface area contributed by atoms with Gasteiger partial charge in [-0.05, 0) is 24.5 Å². The fourth-order valence-corrected chi connectivity index (χ4v) is 7.39. The molecule has 0 bridgehead atoms. The molecule has 0 aromatic heterocycles. The molecule has 2 rings (SSSR count). The summed E-state index contributed by atoms with van der Waals surface area (Å²) in [4.78, 5) is -0.159. The maximum absolute atomic E-state index is 13.1. The Hall–Kier alpha value is -0.340. The quantitative estimate of drug-likeness (QED) is 0.762. The normalized spacial score (nSPS) is 21.2. The van der Waals surface area contributed by atoms with Crippen molar-refractivity contribution in [2.45, 2.75) is 31.2 Å². The zero-order valence-electron chi connectivity index (χ0n) is 12.9. The molecule has 1 atom stereocenters. The van der Waals surface area contributed by atoms with Crippen LogP contribution in [0.2, 0.25) is 10.0 Å². The summed E-state index contributed by atoms with van der Waals surface area (Å²) >= 11 is 12.1. The van der Waals surface area contributed by atoms with E-state index in [0.29, 0.717) is 0 Å². The van der Waals surface area contributed by atoms with E-state index in [-0.39, 0.29) is 45.3 Å². The number of benzene rings is 1. The van der Waals surface area contributed by atoms with Gasteiger partial charge in [-0.25, -0.2) is 16.8 Å². The van der Waals surface area contributed by atoms with Gasteiger partial charge in [-0.3, -0.25) is 0 Å². The highest BCUT2D eigenvalue weighted by molar-refractivity contribution is 7.92. The molecule has 5 nitrogen and oxygen atoms in total. The van der Waals surface area contributed by atoms with Crippen LogP contribution in [-0.2, 0) is 19.9 Å². The van der Waals surface area contributed by atoms with Gasteiger partial charge < -0.3 is 0 Å². The van der Waals surface area contributed by atoms with Crippen molar-refractivity contribution in [3.63, 3.8) is 0 Å². The van der Waals surface area contributed by atoms with Gasteiger partial charge in [-0.1, -0.05) is 43.1 Å². The molecule has 1 aliphatic rings. The van der Waals surface area contributed by atoms with Crippen LogP contribution in [0.5, 0.6) is 0 Å². The van der Waals surface area contributed by atoms with Gasteiger partial charge in [0.2, 0.25) is 10.0 Å². The smallest absolute Gasteiger partial charge is 0.229 e. The summed E-state index contributed by atoms with van der Waals surface area (Å²) < 4.78 is 50.9. The molecular weight excluding hydrogens is 381 g/mol. The first kappa shape index (κ1) is 19.0. The van der Waals surface area contributed by atoms with E-state index in [1.54, 1.807) is 6.07 Å². The van der Waals surface area contributed by atoms with Crippen LogP contribution in [0.25, 0.3) is 0 Å². The first-order chi connectivity index (χ1) is 10.5. The van der Waals surface area contributed by atoms with Crippen LogP contribution in [0.1, 0.15) is 20.3 Å². The first-order valence-electron chi connectivity index (χ1n) is 7.21. The molecule has 130 valence electrons. The zero-order valence-corrected chi connectivity index (χ0v) is 16.0. The molecule has 0 N–H and O–H groups in total. The predicted octanol–water partition coefficient (Wildman–Crippen LogP) is 2.83. The SMILES string of the molecule is CC(C)CN([C@@H]1CCS(=O)(=O)C1)S(=O)(=O)c1c(Cl)cccc1Cl. The molecule has 9 heteroatoms. The van der Waals surface area contributed by atoms with Crippen molar-refractivity contribution in [2.24, 2.45) is 5.92 Å². The lowest BCUT2D eigenvalue weighted by Gasteiger charge is -2.29. The maximum Gasteiger partial charge on any atom is 0.246 e. The van der Waals surface area contributed by atoms with Crippen molar-refractivity contribution in [1.29, 1.82) is 0 Å². The number of halogens is 2. The average molecular weight is 400 g/mol. The summed E-state index contributed by atoms with van der Waals surface area (Å²) in [7, 11) is -7.20. The minimum absolute atomic E-state index is 0.00195. The Balaban J connectivity index is 2.50. The topological polar surface area (TPSA) is 71.5 Å². The number of nitrogens with zero attached hydrogens (tertiary/aromatic N) is 1. The minimum atomic E-state index is -3.99. The molecule has 23 heavy (non-hydrogen) atoms. The van der Waals surface area contributed by atoms with Crippen molar-refractivity contribution in [2.75, 3.05) is 18.1 Å². The Morgan fingerprint density at radius 2 is 1.83 bits per heavy atom. The van der Waals surface area contributed by atoms with Gasteiger partial charge in [-0.2, -0.15) is 4.31 Å². The molecular formula is C14H19Cl2NO4S2. The maximum atomic E-state index is 13.1. The largest absolute Gasteiger partial charge is 0.246 e. The highest BCUT2D eigenvalue weighted by Crippen LogP contribution is 2.34. The molecule has 0 saturated carbocycles. The van der Waals surface area contributed by atoms with E-state index in [4.69, 9.17) is 23.2 Å². The van der Waals surface area contributed by atoms with Crippen molar-refractivity contribution in [1.82, 2.24) is 4.31 Å². The Morgan fingerprint density at radius 3 is 2.26 bits per heavy atom. The molecule has 0 spiro atoms. The first-order valence-corrected chi connectivity index (χ1v) is 11.2. The Bertz CT molecular complexity index is 771. The molecule has 0 amide bonds. The van der Waals surface area contributed by atoms with Crippen LogP contribution in [0.4, 0.5) is 0 Å². The third kappa shape index (κ3) is 4.20. The predicted molar refractivity (Wildman–Crippen MR) is 92.3 cm³/mol. The average Bonchev–Trinajstić information content (AvgIpc) is 2.75. The Labute approximate surface area is 147 Å². The Kier molecular flexibility index (Phi) is 5.68. The summed E-state index contributed by atoms with van der Waals surface area (Å²) in [5.74, 6) is -0.131. The third-order valence-corrected chi connectivity index (χ3v) is 8.27. The highest BCUT2D eigenvalue weighted by Gasteiger charge is 2.40. The van der Waals surface area contributed by atoms with E-state index in [1.807, 2.05) is 13.8 Å². The van der Waals surface area contributed by atoms with E-state index >= 15 is 0 Å². The van der Waals surface area contributed by atoms with Crippen LogP contribution >= 0.6 is 23.2 Å². The van der Waals surface area contributed by atoms with E-state index in [0.717, 1.165) is 0 Å². The summed E-state index contributed by atoms with van der Waals surface area (Å²) in [6, 6.07) is 3.90. The Morgan fingerprint density at radius 1 is 1.26 bits per heavy atom. The standard InChI is InChI=1S/C14H19Cl2NO4S2/c1-10(2)8-17(11-6-7-22(18,19)9-11)23(20,21)14-12(15)4-3-5-13(14)16/h3-5,10-11H,6-9H2,1-2H3/t11-/m1/s1. The van der Waals surface area contributed by atoms with Crippen molar-refractivity contribution in [3.05, 3.63) is 28.2 Å². The molecule has 1 saturated heterocycles. The number of hydrogen-bond acceptors (Lipinski definition) is 4. The van der Waals surface area contributed by atoms with Gasteiger partial charge >= 0.3 is 0 Å². The molecule has 0 aliphatic carbocycles.